The van der Waals surface area contributed by atoms with Crippen molar-refractivity contribution in [2.75, 3.05) is 4.72 Å². The third-order valence-electron chi connectivity index (χ3n) is 2.49. The molecule has 0 atom stereocenters. The summed E-state index contributed by atoms with van der Waals surface area (Å²) in [6.45, 7) is 0. The minimum absolute atomic E-state index is 0.0348. The molecule has 2 aromatic rings. The van der Waals surface area contributed by atoms with Crippen LogP contribution in [0.25, 0.3) is 0 Å². The van der Waals surface area contributed by atoms with Gasteiger partial charge in [0.15, 0.2) is 0 Å². The van der Waals surface area contributed by atoms with Crippen molar-refractivity contribution in [3.8, 4) is 6.07 Å². The smallest absolute Gasteiger partial charge is 0.261 e. The number of sulfonamides is 1. The van der Waals surface area contributed by atoms with E-state index < -0.39 is 10.0 Å². The van der Waals surface area contributed by atoms with Crippen LogP contribution >= 0.6 is 23.2 Å². The molecule has 0 saturated heterocycles. The van der Waals surface area contributed by atoms with Crippen molar-refractivity contribution in [2.24, 2.45) is 0 Å². The van der Waals surface area contributed by atoms with Crippen LogP contribution in [-0.4, -0.2) is 8.42 Å². The van der Waals surface area contributed by atoms with Crippen LogP contribution in [0.1, 0.15) is 5.56 Å². The molecule has 102 valence electrons. The second-order valence-electron chi connectivity index (χ2n) is 3.84. The molecule has 0 aliphatic carbocycles. The van der Waals surface area contributed by atoms with Crippen LogP contribution in [0.5, 0.6) is 0 Å². The van der Waals surface area contributed by atoms with E-state index in [1.165, 1.54) is 30.3 Å². The summed E-state index contributed by atoms with van der Waals surface area (Å²) in [4.78, 5) is 0.0348. The van der Waals surface area contributed by atoms with Crippen molar-refractivity contribution in [3.05, 3.63) is 58.1 Å². The number of anilines is 1. The Morgan fingerprint density at radius 2 is 1.70 bits per heavy atom. The van der Waals surface area contributed by atoms with Gasteiger partial charge >= 0.3 is 0 Å². The van der Waals surface area contributed by atoms with Crippen molar-refractivity contribution in [1.82, 2.24) is 0 Å². The molecule has 4 nitrogen and oxygen atoms in total. The SMILES string of the molecule is N#Cc1ccc(S(=O)(=O)Nc2cccc(Cl)c2Cl)cc1. The molecule has 2 aromatic carbocycles. The van der Waals surface area contributed by atoms with Gasteiger partial charge < -0.3 is 0 Å². The summed E-state index contributed by atoms with van der Waals surface area (Å²) in [5.41, 5.74) is 0.577. The normalized spacial score (nSPS) is 10.8. The Bertz CT molecular complexity index is 781. The Morgan fingerprint density at radius 3 is 2.30 bits per heavy atom. The van der Waals surface area contributed by atoms with E-state index in [2.05, 4.69) is 4.72 Å². The first-order chi connectivity index (χ1) is 9.44. The second kappa shape index (κ2) is 5.71. The highest BCUT2D eigenvalue weighted by Gasteiger charge is 2.16. The molecule has 0 aliphatic heterocycles. The molecule has 0 fully saturated rings. The van der Waals surface area contributed by atoms with Crippen LogP contribution in [-0.2, 0) is 10.0 Å². The molecule has 0 heterocycles. The van der Waals surface area contributed by atoms with Crippen LogP contribution in [0.3, 0.4) is 0 Å². The highest BCUT2D eigenvalue weighted by molar-refractivity contribution is 7.92. The molecule has 0 aromatic heterocycles. The summed E-state index contributed by atoms with van der Waals surface area (Å²) in [6.07, 6.45) is 0. The monoisotopic (exact) mass is 326 g/mol. The third kappa shape index (κ3) is 3.05. The lowest BCUT2D eigenvalue weighted by molar-refractivity contribution is 0.601. The minimum Gasteiger partial charge on any atom is -0.278 e. The van der Waals surface area contributed by atoms with Crippen LogP contribution in [0.15, 0.2) is 47.4 Å². The van der Waals surface area contributed by atoms with Gasteiger partial charge in [-0.15, -0.1) is 0 Å². The zero-order chi connectivity index (χ0) is 14.8. The van der Waals surface area contributed by atoms with Crippen LogP contribution in [0, 0.1) is 11.3 Å². The van der Waals surface area contributed by atoms with Gasteiger partial charge in [0.25, 0.3) is 10.0 Å². The third-order valence-corrected chi connectivity index (χ3v) is 4.69. The molecule has 0 amide bonds. The Hall–Kier alpha value is -1.74. The fraction of sp³-hybridized carbons (Fsp3) is 0. The summed E-state index contributed by atoms with van der Waals surface area (Å²) in [5, 5.41) is 9.07. The van der Waals surface area contributed by atoms with E-state index in [0.717, 1.165) is 0 Å². The number of benzene rings is 2. The van der Waals surface area contributed by atoms with E-state index >= 15 is 0 Å². The maximum Gasteiger partial charge on any atom is 0.261 e. The van der Waals surface area contributed by atoms with Gasteiger partial charge in [0.05, 0.1) is 32.3 Å². The molecule has 0 radical (unpaired) electrons. The van der Waals surface area contributed by atoms with Gasteiger partial charge in [0.1, 0.15) is 0 Å². The lowest BCUT2D eigenvalue weighted by Crippen LogP contribution is -2.13. The Morgan fingerprint density at radius 1 is 1.05 bits per heavy atom. The number of hydrogen-bond donors (Lipinski definition) is 1. The summed E-state index contributed by atoms with van der Waals surface area (Å²) in [7, 11) is -3.78. The van der Waals surface area contributed by atoms with Gasteiger partial charge in [-0.2, -0.15) is 5.26 Å². The molecule has 7 heteroatoms. The van der Waals surface area contributed by atoms with Gasteiger partial charge in [0, 0.05) is 0 Å². The van der Waals surface area contributed by atoms with Crippen LogP contribution < -0.4 is 4.72 Å². The van der Waals surface area contributed by atoms with E-state index in [4.69, 9.17) is 28.5 Å². The van der Waals surface area contributed by atoms with E-state index in [-0.39, 0.29) is 20.6 Å². The van der Waals surface area contributed by atoms with Crippen LogP contribution in [0.4, 0.5) is 5.69 Å². The van der Waals surface area contributed by atoms with Crippen molar-refractivity contribution < 1.29 is 8.42 Å². The van der Waals surface area contributed by atoms with Gasteiger partial charge in [-0.3, -0.25) is 4.72 Å². The number of rotatable bonds is 3. The Balaban J connectivity index is 2.36. The summed E-state index contributed by atoms with van der Waals surface area (Å²) >= 11 is 11.8. The molecule has 0 saturated carbocycles. The van der Waals surface area contributed by atoms with Crippen molar-refractivity contribution >= 4 is 38.9 Å². The Kier molecular flexibility index (Phi) is 4.19. The minimum atomic E-state index is -3.78. The molecule has 0 bridgehead atoms. The highest BCUT2D eigenvalue weighted by atomic mass is 35.5. The van der Waals surface area contributed by atoms with Crippen molar-refractivity contribution in [3.63, 3.8) is 0 Å². The fourth-order valence-electron chi connectivity index (χ4n) is 1.49. The number of hydrogen-bond acceptors (Lipinski definition) is 3. The number of nitrogens with zero attached hydrogens (tertiary/aromatic N) is 1. The second-order valence-corrected chi connectivity index (χ2v) is 6.31. The largest absolute Gasteiger partial charge is 0.278 e. The standard InChI is InChI=1S/C13H8Cl2N2O2S/c14-11-2-1-3-12(13(11)15)17-20(18,19)10-6-4-9(8-16)5-7-10/h1-7,17H. The predicted octanol–water partition coefficient (Wildman–Crippen LogP) is 3.67. The number of halogens is 2. The molecule has 0 spiro atoms. The zero-order valence-corrected chi connectivity index (χ0v) is 12.3. The van der Waals surface area contributed by atoms with Gasteiger partial charge in [-0.05, 0) is 36.4 Å². The number of nitriles is 1. The fourth-order valence-corrected chi connectivity index (χ4v) is 2.97. The van der Waals surface area contributed by atoms with E-state index in [1.54, 1.807) is 12.1 Å². The first-order valence-corrected chi connectivity index (χ1v) is 7.65. The maximum atomic E-state index is 12.2. The van der Waals surface area contributed by atoms with E-state index in [9.17, 15) is 8.42 Å². The lowest BCUT2D eigenvalue weighted by Gasteiger charge is -2.10. The lowest BCUT2D eigenvalue weighted by atomic mass is 10.2. The van der Waals surface area contributed by atoms with Crippen molar-refractivity contribution in [1.29, 1.82) is 5.26 Å². The molecule has 0 aliphatic rings. The topological polar surface area (TPSA) is 70.0 Å². The molecular weight excluding hydrogens is 319 g/mol. The van der Waals surface area contributed by atoms with E-state index in [0.29, 0.717) is 5.56 Å². The predicted molar refractivity (Wildman–Crippen MR) is 78.4 cm³/mol. The zero-order valence-electron chi connectivity index (χ0n) is 9.97. The van der Waals surface area contributed by atoms with Gasteiger partial charge in [-0.25, -0.2) is 8.42 Å². The van der Waals surface area contributed by atoms with E-state index in [1.807, 2.05) is 6.07 Å². The van der Waals surface area contributed by atoms with Gasteiger partial charge in [-0.1, -0.05) is 29.3 Å². The summed E-state index contributed by atoms with van der Waals surface area (Å²) in [5.74, 6) is 0. The number of nitrogens with one attached hydrogen (secondary N) is 1. The summed E-state index contributed by atoms with van der Waals surface area (Å²) in [6, 6.07) is 12.1. The average molecular weight is 327 g/mol. The maximum absolute atomic E-state index is 12.2. The van der Waals surface area contributed by atoms with Gasteiger partial charge in [0.2, 0.25) is 0 Å². The quantitative estimate of drug-likeness (QED) is 0.935. The molecule has 2 rings (SSSR count). The summed E-state index contributed by atoms with van der Waals surface area (Å²) < 4.78 is 26.7. The molecule has 1 N–H and O–H groups in total. The first kappa shape index (κ1) is 14.7. The highest BCUT2D eigenvalue weighted by Crippen LogP contribution is 2.31. The van der Waals surface area contributed by atoms with Crippen molar-refractivity contribution in [2.45, 2.75) is 4.90 Å². The molecule has 0 unspecified atom stereocenters. The molecular formula is C13H8Cl2N2O2S. The average Bonchev–Trinajstić information content (AvgIpc) is 2.44. The Labute approximate surface area is 126 Å². The van der Waals surface area contributed by atoms with Crippen LogP contribution in [0.2, 0.25) is 10.0 Å². The molecule has 20 heavy (non-hydrogen) atoms. The first-order valence-electron chi connectivity index (χ1n) is 5.41.